The fraction of sp³-hybridized carbons (Fsp3) is 0.296. The molecule has 1 atom stereocenters. The molecule has 1 aliphatic rings. The lowest BCUT2D eigenvalue weighted by atomic mass is 9.92. The van der Waals surface area contributed by atoms with Gasteiger partial charge in [0.1, 0.15) is 11.3 Å². The maximum absolute atomic E-state index is 13.3. The Kier molecular flexibility index (Phi) is 6.28. The SMILES string of the molecule is COc1ccccc1C[C@@]1(C)NC(=O)N(CC(=O)c2cc(C)n(Cc3ccccc3)c2C)C1=O. The number of hydrogen-bond donors (Lipinski definition) is 1. The number of carbonyl (C=O) groups excluding carboxylic acids is 3. The summed E-state index contributed by atoms with van der Waals surface area (Å²) >= 11 is 0. The number of hydrogen-bond acceptors (Lipinski definition) is 4. The van der Waals surface area contributed by atoms with Gasteiger partial charge < -0.3 is 14.6 Å². The maximum Gasteiger partial charge on any atom is 0.325 e. The minimum Gasteiger partial charge on any atom is -0.496 e. The van der Waals surface area contributed by atoms with Crippen molar-refractivity contribution in [2.75, 3.05) is 13.7 Å². The summed E-state index contributed by atoms with van der Waals surface area (Å²) in [5.74, 6) is -0.0431. The number of imide groups is 1. The van der Waals surface area contributed by atoms with Gasteiger partial charge >= 0.3 is 6.03 Å². The fourth-order valence-electron chi connectivity index (χ4n) is 4.56. The topological polar surface area (TPSA) is 80.6 Å². The van der Waals surface area contributed by atoms with Crippen LogP contribution in [-0.4, -0.2) is 46.4 Å². The molecule has 1 fully saturated rings. The van der Waals surface area contributed by atoms with E-state index in [2.05, 4.69) is 9.88 Å². The van der Waals surface area contributed by atoms with Crippen molar-refractivity contribution < 1.29 is 19.1 Å². The molecule has 0 spiro atoms. The number of nitrogens with zero attached hydrogens (tertiary/aromatic N) is 2. The smallest absolute Gasteiger partial charge is 0.325 e. The van der Waals surface area contributed by atoms with E-state index in [1.807, 2.05) is 74.5 Å². The molecule has 176 valence electrons. The van der Waals surface area contributed by atoms with E-state index in [4.69, 9.17) is 4.74 Å². The minimum absolute atomic E-state index is 0.262. The molecule has 0 bridgehead atoms. The molecule has 1 N–H and O–H groups in total. The average Bonchev–Trinajstić information content (AvgIpc) is 3.22. The summed E-state index contributed by atoms with van der Waals surface area (Å²) in [4.78, 5) is 40.2. The summed E-state index contributed by atoms with van der Waals surface area (Å²) < 4.78 is 7.46. The third-order valence-electron chi connectivity index (χ3n) is 6.44. The molecule has 0 radical (unpaired) electrons. The number of rotatable bonds is 8. The summed E-state index contributed by atoms with van der Waals surface area (Å²) in [7, 11) is 1.56. The highest BCUT2D eigenvalue weighted by molar-refractivity contribution is 6.11. The molecule has 3 aromatic rings. The quantitative estimate of drug-likeness (QED) is 0.409. The Hall–Kier alpha value is -3.87. The molecular formula is C27H29N3O4. The Morgan fingerprint density at radius 2 is 1.71 bits per heavy atom. The largest absolute Gasteiger partial charge is 0.496 e. The van der Waals surface area contributed by atoms with Crippen LogP contribution in [0.2, 0.25) is 0 Å². The summed E-state index contributed by atoms with van der Waals surface area (Å²) in [6.45, 7) is 5.86. The molecule has 1 aromatic heterocycles. The molecule has 34 heavy (non-hydrogen) atoms. The highest BCUT2D eigenvalue weighted by Gasteiger charge is 2.48. The average molecular weight is 460 g/mol. The zero-order chi connectivity index (χ0) is 24.5. The number of aryl methyl sites for hydroxylation is 1. The van der Waals surface area contributed by atoms with E-state index in [1.165, 1.54) is 0 Å². The number of amides is 3. The Balaban J connectivity index is 1.52. The molecule has 7 nitrogen and oxygen atoms in total. The van der Waals surface area contributed by atoms with Gasteiger partial charge in [-0.3, -0.25) is 14.5 Å². The van der Waals surface area contributed by atoms with E-state index in [1.54, 1.807) is 14.0 Å². The molecular weight excluding hydrogens is 430 g/mol. The zero-order valence-electron chi connectivity index (χ0n) is 19.9. The summed E-state index contributed by atoms with van der Waals surface area (Å²) in [6.07, 6.45) is 0.262. The molecule has 0 saturated carbocycles. The van der Waals surface area contributed by atoms with Crippen LogP contribution in [0.5, 0.6) is 5.75 Å². The number of carbonyl (C=O) groups is 3. The second-order valence-electron chi connectivity index (χ2n) is 8.92. The second kappa shape index (κ2) is 9.17. The van der Waals surface area contributed by atoms with Gasteiger partial charge in [0, 0.05) is 29.9 Å². The van der Waals surface area contributed by atoms with Crippen LogP contribution >= 0.6 is 0 Å². The third kappa shape index (κ3) is 4.33. The van der Waals surface area contributed by atoms with Gasteiger partial charge in [-0.2, -0.15) is 0 Å². The van der Waals surface area contributed by atoms with Crippen LogP contribution in [0.1, 0.15) is 39.8 Å². The number of nitrogens with one attached hydrogen (secondary N) is 1. The van der Waals surface area contributed by atoms with E-state index in [9.17, 15) is 14.4 Å². The number of methoxy groups -OCH3 is 1. The lowest BCUT2D eigenvalue weighted by Gasteiger charge is -2.22. The first-order valence-corrected chi connectivity index (χ1v) is 11.2. The Bertz CT molecular complexity index is 1250. The normalized spacial score (nSPS) is 17.7. The number of benzene rings is 2. The van der Waals surface area contributed by atoms with Crippen molar-refractivity contribution in [1.29, 1.82) is 0 Å². The van der Waals surface area contributed by atoms with E-state index >= 15 is 0 Å². The Morgan fingerprint density at radius 3 is 2.41 bits per heavy atom. The molecule has 2 heterocycles. The van der Waals surface area contributed by atoms with Crippen LogP contribution in [-0.2, 0) is 17.8 Å². The monoisotopic (exact) mass is 459 g/mol. The number of aromatic nitrogens is 1. The Morgan fingerprint density at radius 1 is 1.03 bits per heavy atom. The van der Waals surface area contributed by atoms with Crippen LogP contribution in [0.25, 0.3) is 0 Å². The summed E-state index contributed by atoms with van der Waals surface area (Å²) in [5, 5.41) is 2.78. The highest BCUT2D eigenvalue weighted by atomic mass is 16.5. The lowest BCUT2D eigenvalue weighted by Crippen LogP contribution is -2.46. The van der Waals surface area contributed by atoms with Crippen LogP contribution in [0, 0.1) is 13.8 Å². The van der Waals surface area contributed by atoms with Crippen molar-refractivity contribution in [3.8, 4) is 5.75 Å². The standard InChI is InChI=1S/C27H29N3O4/c1-18-14-22(19(2)29(18)16-20-10-6-5-7-11-20)23(31)17-30-25(32)27(3,28-26(30)33)15-21-12-8-9-13-24(21)34-4/h5-14H,15-17H2,1-4H3,(H,28,33)/t27-/m1/s1. The molecule has 1 aliphatic heterocycles. The van der Waals surface area contributed by atoms with Gasteiger partial charge in [-0.1, -0.05) is 48.5 Å². The van der Waals surface area contributed by atoms with Crippen molar-refractivity contribution in [2.45, 2.75) is 39.3 Å². The van der Waals surface area contributed by atoms with Gasteiger partial charge in [0.05, 0.1) is 13.7 Å². The third-order valence-corrected chi connectivity index (χ3v) is 6.44. The van der Waals surface area contributed by atoms with Gasteiger partial charge in [0.2, 0.25) is 0 Å². The van der Waals surface area contributed by atoms with Crippen LogP contribution in [0.3, 0.4) is 0 Å². The van der Waals surface area contributed by atoms with Gasteiger partial charge in [-0.05, 0) is 44.0 Å². The van der Waals surface area contributed by atoms with Crippen LogP contribution < -0.4 is 10.1 Å². The Labute approximate surface area is 199 Å². The van der Waals surface area contributed by atoms with E-state index < -0.39 is 17.5 Å². The van der Waals surface area contributed by atoms with E-state index in [0.717, 1.165) is 27.4 Å². The second-order valence-corrected chi connectivity index (χ2v) is 8.92. The number of urea groups is 1. The van der Waals surface area contributed by atoms with Gasteiger partial charge in [-0.15, -0.1) is 0 Å². The number of ether oxygens (including phenoxy) is 1. The molecule has 7 heteroatoms. The van der Waals surface area contributed by atoms with Crippen LogP contribution in [0.15, 0.2) is 60.7 Å². The maximum atomic E-state index is 13.3. The summed E-state index contributed by atoms with van der Waals surface area (Å²) in [5.41, 5.74) is 3.06. The van der Waals surface area contributed by atoms with Gasteiger partial charge in [0.15, 0.2) is 5.78 Å². The van der Waals surface area contributed by atoms with Gasteiger partial charge in [0.25, 0.3) is 5.91 Å². The highest BCUT2D eigenvalue weighted by Crippen LogP contribution is 2.28. The van der Waals surface area contributed by atoms with Crippen LogP contribution in [0.4, 0.5) is 4.79 Å². The first-order chi connectivity index (χ1) is 16.2. The first-order valence-electron chi connectivity index (χ1n) is 11.2. The fourth-order valence-corrected chi connectivity index (χ4v) is 4.56. The zero-order valence-corrected chi connectivity index (χ0v) is 19.9. The number of Topliss-reactive ketones (excluding diaryl/α,β-unsaturated/α-hetero) is 1. The number of ketones is 1. The van der Waals surface area contributed by atoms with E-state index in [-0.39, 0.29) is 18.7 Å². The molecule has 2 aromatic carbocycles. The van der Waals surface area contributed by atoms with Crippen molar-refractivity contribution in [3.63, 3.8) is 0 Å². The van der Waals surface area contributed by atoms with Crippen molar-refractivity contribution in [1.82, 2.24) is 14.8 Å². The van der Waals surface area contributed by atoms with E-state index in [0.29, 0.717) is 17.9 Å². The summed E-state index contributed by atoms with van der Waals surface area (Å²) in [6, 6.07) is 18.6. The molecule has 3 amide bonds. The minimum atomic E-state index is -1.16. The van der Waals surface area contributed by atoms with Crippen molar-refractivity contribution in [2.24, 2.45) is 0 Å². The molecule has 0 aliphatic carbocycles. The molecule has 4 rings (SSSR count). The van der Waals surface area contributed by atoms with Crippen molar-refractivity contribution >= 4 is 17.7 Å². The predicted molar refractivity (Wildman–Crippen MR) is 129 cm³/mol. The van der Waals surface area contributed by atoms with Gasteiger partial charge in [-0.25, -0.2) is 4.79 Å². The lowest BCUT2D eigenvalue weighted by molar-refractivity contribution is -0.130. The van der Waals surface area contributed by atoms with Crippen molar-refractivity contribution in [3.05, 3.63) is 88.7 Å². The molecule has 0 unspecified atom stereocenters. The molecule has 1 saturated heterocycles. The first kappa shape index (κ1) is 23.3. The predicted octanol–water partition coefficient (Wildman–Crippen LogP) is 3.90. The number of para-hydroxylation sites is 1.